The summed E-state index contributed by atoms with van der Waals surface area (Å²) < 4.78 is 50.6. The van der Waals surface area contributed by atoms with E-state index in [1.54, 1.807) is 6.07 Å². The number of methoxy groups -OCH3 is 2. The molecule has 1 amide bonds. The van der Waals surface area contributed by atoms with Crippen LogP contribution >= 0.6 is 11.6 Å². The van der Waals surface area contributed by atoms with Gasteiger partial charge in [-0.2, -0.15) is 4.31 Å². The Kier molecular flexibility index (Phi) is 6.84. The molecule has 0 radical (unpaired) electrons. The molecule has 1 aliphatic heterocycles. The van der Waals surface area contributed by atoms with Crippen molar-refractivity contribution >= 4 is 33.2 Å². The Balaban J connectivity index is 1.77. The lowest BCUT2D eigenvalue weighted by Crippen LogP contribution is -2.43. The number of hydrogen-bond donors (Lipinski definition) is 1. The van der Waals surface area contributed by atoms with Crippen LogP contribution in [0.4, 0.5) is 10.1 Å². The molecule has 1 heterocycles. The number of rotatable bonds is 6. The minimum Gasteiger partial charge on any atom is -0.495 e. The number of carbonyl (C=O) groups is 1. The summed E-state index contributed by atoms with van der Waals surface area (Å²) in [5.74, 6) is -0.674. The Morgan fingerprint density at radius 3 is 2.47 bits per heavy atom. The van der Waals surface area contributed by atoms with E-state index in [1.807, 2.05) is 0 Å². The van der Waals surface area contributed by atoms with Crippen LogP contribution in [0.2, 0.25) is 5.02 Å². The maximum atomic E-state index is 13.1. The second-order valence-electron chi connectivity index (χ2n) is 6.83. The zero-order chi connectivity index (χ0) is 21.9. The van der Waals surface area contributed by atoms with Gasteiger partial charge in [0, 0.05) is 25.2 Å². The molecule has 0 aliphatic carbocycles. The highest BCUT2D eigenvalue weighted by Gasteiger charge is 2.33. The summed E-state index contributed by atoms with van der Waals surface area (Å²) >= 11 is 6.09. The van der Waals surface area contributed by atoms with Gasteiger partial charge in [-0.1, -0.05) is 11.6 Å². The van der Waals surface area contributed by atoms with Crippen molar-refractivity contribution in [3.8, 4) is 11.5 Å². The van der Waals surface area contributed by atoms with Gasteiger partial charge in [0.25, 0.3) is 0 Å². The van der Waals surface area contributed by atoms with Gasteiger partial charge in [-0.05, 0) is 37.1 Å². The van der Waals surface area contributed by atoms with Gasteiger partial charge in [-0.15, -0.1) is 0 Å². The Morgan fingerprint density at radius 2 is 1.83 bits per heavy atom. The van der Waals surface area contributed by atoms with Crippen molar-refractivity contribution in [1.82, 2.24) is 4.31 Å². The SMILES string of the molecule is COc1cc(NC(=O)C2CCCN(S(=O)(=O)c3ccc(F)cc3)C2)c(OC)cc1Cl. The summed E-state index contributed by atoms with van der Waals surface area (Å²) in [6.45, 7) is 0.320. The van der Waals surface area contributed by atoms with Crippen LogP contribution in [-0.4, -0.2) is 45.9 Å². The van der Waals surface area contributed by atoms with Crippen molar-refractivity contribution in [2.24, 2.45) is 5.92 Å². The lowest BCUT2D eigenvalue weighted by atomic mass is 9.98. The lowest BCUT2D eigenvalue weighted by molar-refractivity contribution is -0.120. The minimum atomic E-state index is -3.82. The first-order valence-corrected chi connectivity index (χ1v) is 11.1. The van der Waals surface area contributed by atoms with Crippen molar-refractivity contribution in [1.29, 1.82) is 0 Å². The number of amides is 1. The molecule has 1 N–H and O–H groups in total. The molecule has 10 heteroatoms. The third-order valence-electron chi connectivity index (χ3n) is 4.94. The van der Waals surface area contributed by atoms with Gasteiger partial charge in [0.05, 0.1) is 35.7 Å². The Bertz CT molecular complexity index is 1030. The molecule has 2 aromatic carbocycles. The fourth-order valence-electron chi connectivity index (χ4n) is 3.32. The van der Waals surface area contributed by atoms with Gasteiger partial charge in [-0.25, -0.2) is 12.8 Å². The van der Waals surface area contributed by atoms with E-state index in [0.717, 1.165) is 12.1 Å². The number of benzene rings is 2. The van der Waals surface area contributed by atoms with Crippen molar-refractivity contribution in [3.05, 3.63) is 47.2 Å². The Hall–Kier alpha value is -2.36. The van der Waals surface area contributed by atoms with Crippen LogP contribution in [0.3, 0.4) is 0 Å². The molecule has 1 fully saturated rings. The van der Waals surface area contributed by atoms with Crippen LogP contribution in [0.15, 0.2) is 41.3 Å². The number of hydrogen-bond acceptors (Lipinski definition) is 5. The fraction of sp³-hybridized carbons (Fsp3) is 0.350. The first kappa shape index (κ1) is 22.3. The maximum absolute atomic E-state index is 13.1. The number of nitrogens with one attached hydrogen (secondary N) is 1. The smallest absolute Gasteiger partial charge is 0.243 e. The molecule has 1 saturated heterocycles. The molecular weight excluding hydrogens is 435 g/mol. The molecule has 1 unspecified atom stereocenters. The molecule has 0 aromatic heterocycles. The van der Waals surface area contributed by atoms with Gasteiger partial charge >= 0.3 is 0 Å². The zero-order valence-electron chi connectivity index (χ0n) is 16.5. The summed E-state index contributed by atoms with van der Waals surface area (Å²) in [5.41, 5.74) is 0.377. The topological polar surface area (TPSA) is 84.9 Å². The number of sulfonamides is 1. The number of halogens is 2. The van der Waals surface area contributed by atoms with Gasteiger partial charge in [0.2, 0.25) is 15.9 Å². The highest BCUT2D eigenvalue weighted by Crippen LogP contribution is 2.36. The van der Waals surface area contributed by atoms with E-state index in [4.69, 9.17) is 21.1 Å². The van der Waals surface area contributed by atoms with Crippen LogP contribution in [0.5, 0.6) is 11.5 Å². The zero-order valence-corrected chi connectivity index (χ0v) is 18.1. The van der Waals surface area contributed by atoms with Crippen molar-refractivity contribution in [2.45, 2.75) is 17.7 Å². The average molecular weight is 457 g/mol. The lowest BCUT2D eigenvalue weighted by Gasteiger charge is -2.31. The summed E-state index contributed by atoms with van der Waals surface area (Å²) in [6, 6.07) is 7.72. The second kappa shape index (κ2) is 9.20. The monoisotopic (exact) mass is 456 g/mol. The normalized spacial score (nSPS) is 17.4. The standard InChI is InChI=1S/C20H22ClFN2O5S/c1-28-18-11-17(19(29-2)10-16(18)21)23-20(25)13-4-3-9-24(12-13)30(26,27)15-7-5-14(22)6-8-15/h5-8,10-11,13H,3-4,9,12H2,1-2H3,(H,23,25). The summed E-state index contributed by atoms with van der Waals surface area (Å²) in [7, 11) is -0.916. The summed E-state index contributed by atoms with van der Waals surface area (Å²) in [5, 5.41) is 3.11. The third-order valence-corrected chi connectivity index (χ3v) is 7.11. The number of nitrogens with zero attached hydrogens (tertiary/aromatic N) is 1. The predicted octanol–water partition coefficient (Wildman–Crippen LogP) is 3.54. The number of piperidine rings is 1. The number of carbonyl (C=O) groups excluding carboxylic acids is 1. The van der Waals surface area contributed by atoms with E-state index in [2.05, 4.69) is 5.32 Å². The van der Waals surface area contributed by atoms with Crippen molar-refractivity contribution in [3.63, 3.8) is 0 Å². The molecule has 0 saturated carbocycles. The number of ether oxygens (including phenoxy) is 2. The van der Waals surface area contributed by atoms with Crippen LogP contribution in [0.1, 0.15) is 12.8 Å². The molecule has 162 valence electrons. The molecule has 0 spiro atoms. The highest BCUT2D eigenvalue weighted by atomic mass is 35.5. The Morgan fingerprint density at radius 1 is 1.17 bits per heavy atom. The summed E-state index contributed by atoms with van der Waals surface area (Å²) in [6.07, 6.45) is 1.06. The molecular formula is C20H22ClFN2O5S. The maximum Gasteiger partial charge on any atom is 0.243 e. The molecule has 1 atom stereocenters. The van der Waals surface area contributed by atoms with Gasteiger partial charge in [-0.3, -0.25) is 4.79 Å². The first-order chi connectivity index (χ1) is 14.3. The van der Waals surface area contributed by atoms with Crippen LogP contribution in [-0.2, 0) is 14.8 Å². The minimum absolute atomic E-state index is 0.00550. The predicted molar refractivity (Wildman–Crippen MR) is 111 cm³/mol. The largest absolute Gasteiger partial charge is 0.495 e. The van der Waals surface area contributed by atoms with E-state index < -0.39 is 21.8 Å². The van der Waals surface area contributed by atoms with Crippen molar-refractivity contribution in [2.75, 3.05) is 32.6 Å². The first-order valence-electron chi connectivity index (χ1n) is 9.24. The van der Waals surface area contributed by atoms with E-state index >= 15 is 0 Å². The Labute approximate surface area is 179 Å². The molecule has 0 bridgehead atoms. The van der Waals surface area contributed by atoms with E-state index in [1.165, 1.54) is 36.7 Å². The fourth-order valence-corrected chi connectivity index (χ4v) is 5.08. The van der Waals surface area contributed by atoms with Gasteiger partial charge < -0.3 is 14.8 Å². The highest BCUT2D eigenvalue weighted by molar-refractivity contribution is 7.89. The number of anilines is 1. The van der Waals surface area contributed by atoms with Gasteiger partial charge in [0.1, 0.15) is 17.3 Å². The van der Waals surface area contributed by atoms with Crippen LogP contribution in [0, 0.1) is 11.7 Å². The van der Waals surface area contributed by atoms with Gasteiger partial charge in [0.15, 0.2) is 0 Å². The summed E-state index contributed by atoms with van der Waals surface area (Å²) in [4.78, 5) is 12.9. The van der Waals surface area contributed by atoms with Crippen LogP contribution < -0.4 is 14.8 Å². The van der Waals surface area contributed by atoms with E-state index in [0.29, 0.717) is 41.6 Å². The van der Waals surface area contributed by atoms with E-state index in [9.17, 15) is 17.6 Å². The molecule has 3 rings (SSSR count). The third kappa shape index (κ3) is 4.69. The molecule has 30 heavy (non-hydrogen) atoms. The van der Waals surface area contributed by atoms with E-state index in [-0.39, 0.29) is 17.3 Å². The molecule has 7 nitrogen and oxygen atoms in total. The second-order valence-corrected chi connectivity index (χ2v) is 9.18. The average Bonchev–Trinajstić information content (AvgIpc) is 2.75. The quantitative estimate of drug-likeness (QED) is 0.718. The molecule has 2 aromatic rings. The van der Waals surface area contributed by atoms with Crippen LogP contribution in [0.25, 0.3) is 0 Å². The molecule has 1 aliphatic rings. The van der Waals surface area contributed by atoms with Crippen molar-refractivity contribution < 1.29 is 27.1 Å².